The van der Waals surface area contributed by atoms with Crippen LogP contribution in [-0.4, -0.2) is 105 Å². The molecule has 1 heterocycles. The van der Waals surface area contributed by atoms with Crippen molar-refractivity contribution in [1.82, 2.24) is 9.88 Å². The van der Waals surface area contributed by atoms with Crippen LogP contribution in [0.1, 0.15) is 61.6 Å². The number of aliphatic hydroxyl groups excluding tert-OH is 5. The highest BCUT2D eigenvalue weighted by atomic mass is 35.5. The number of halogens is 2. The fraction of sp³-hybridized carbons (Fsp3) is 0.526. The first-order chi connectivity index (χ1) is 24.6. The van der Waals surface area contributed by atoms with E-state index in [1.54, 1.807) is 6.20 Å². The Balaban J connectivity index is 1.18. The number of unbranched alkanes of at least 4 members (excludes halogenated alkanes) is 1. The van der Waals surface area contributed by atoms with Crippen LogP contribution in [0.15, 0.2) is 54.9 Å². The minimum absolute atomic E-state index is 0.0671. The Morgan fingerprint density at radius 1 is 0.980 bits per heavy atom. The number of aryl methyl sites for hydroxylation is 1. The Hall–Kier alpha value is -2.84. The third-order valence-corrected chi connectivity index (χ3v) is 10.2. The molecule has 13 heteroatoms. The standard InChI is InChI=1S/C38H48Cl2N2O9/c1-49-17-12-35(46)42(21-32(44)36(47)37(48)33(45)22-43)16-5-4-6-24-18-31(40)25(19-30(24)39)23-50-38(13-14-38)29-20-41-15-11-27(29)28-7-2-3-8-34(28)51-26-9-10-26/h2-3,7-8,11,15,18-20,26,32-33,36-37,43-45,47-48H,4-6,9-10,12-14,16-17,21-23H2,1H3/t32-,33+,36+,37+/m0/s1. The summed E-state index contributed by atoms with van der Waals surface area (Å²) in [5.41, 5.74) is 4.22. The molecule has 11 nitrogen and oxygen atoms in total. The molecule has 2 fully saturated rings. The van der Waals surface area contributed by atoms with Crippen molar-refractivity contribution in [2.75, 3.05) is 33.4 Å². The number of rotatable bonds is 21. The quantitative estimate of drug-likeness (QED) is 0.0987. The molecule has 4 atom stereocenters. The SMILES string of the molecule is COCCC(=O)N(CCCCc1cc(Cl)c(COC2(c3cnccc3-c3ccccc3OC3CC3)CC2)cc1Cl)C[C@H](O)[C@@H](O)[C@H](O)[C@H](O)CO. The van der Waals surface area contributed by atoms with E-state index < -0.39 is 36.6 Å². The molecular weight excluding hydrogens is 699 g/mol. The maximum atomic E-state index is 12.8. The Kier molecular flexibility index (Phi) is 14.1. The van der Waals surface area contributed by atoms with E-state index in [1.807, 2.05) is 42.6 Å². The summed E-state index contributed by atoms with van der Waals surface area (Å²) in [6.45, 7) is -0.357. The van der Waals surface area contributed by atoms with Crippen LogP contribution in [0.25, 0.3) is 11.1 Å². The lowest BCUT2D eigenvalue weighted by Gasteiger charge is -2.30. The first-order valence-electron chi connectivity index (χ1n) is 17.5. The zero-order chi connectivity index (χ0) is 36.5. The third-order valence-electron chi connectivity index (χ3n) is 9.46. The van der Waals surface area contributed by atoms with Crippen LogP contribution in [0.2, 0.25) is 10.0 Å². The molecule has 0 saturated heterocycles. The lowest BCUT2D eigenvalue weighted by Crippen LogP contribution is -2.50. The van der Waals surface area contributed by atoms with Gasteiger partial charge in [-0.25, -0.2) is 0 Å². The van der Waals surface area contributed by atoms with E-state index in [9.17, 15) is 25.2 Å². The first-order valence-corrected chi connectivity index (χ1v) is 18.2. The van der Waals surface area contributed by atoms with Crippen molar-refractivity contribution in [2.24, 2.45) is 0 Å². The summed E-state index contributed by atoms with van der Waals surface area (Å²) >= 11 is 13.5. The van der Waals surface area contributed by atoms with Crippen LogP contribution in [0, 0.1) is 0 Å². The van der Waals surface area contributed by atoms with E-state index in [0.717, 1.165) is 59.3 Å². The molecule has 2 saturated carbocycles. The van der Waals surface area contributed by atoms with Gasteiger partial charge < -0.3 is 44.6 Å². The summed E-state index contributed by atoms with van der Waals surface area (Å²) < 4.78 is 17.8. The van der Waals surface area contributed by atoms with Gasteiger partial charge in [0, 0.05) is 53.8 Å². The van der Waals surface area contributed by atoms with Gasteiger partial charge >= 0.3 is 0 Å². The zero-order valence-electron chi connectivity index (χ0n) is 28.8. The fourth-order valence-electron chi connectivity index (χ4n) is 6.08. The predicted molar refractivity (Wildman–Crippen MR) is 193 cm³/mol. The molecule has 278 valence electrons. The van der Waals surface area contributed by atoms with Gasteiger partial charge in [-0.05, 0) is 85.9 Å². The highest BCUT2D eigenvalue weighted by Crippen LogP contribution is 2.53. The number of carbonyl (C=O) groups is 1. The van der Waals surface area contributed by atoms with Crippen LogP contribution < -0.4 is 4.74 Å². The average Bonchev–Trinajstić information content (AvgIpc) is 4.09. The summed E-state index contributed by atoms with van der Waals surface area (Å²) in [6, 6.07) is 13.8. The Labute approximate surface area is 308 Å². The van der Waals surface area contributed by atoms with E-state index in [0.29, 0.717) is 29.3 Å². The summed E-state index contributed by atoms with van der Waals surface area (Å²) in [6.07, 6.45) is 2.92. The predicted octanol–water partition coefficient (Wildman–Crippen LogP) is 4.43. The molecule has 5 rings (SSSR count). The number of pyridine rings is 1. The van der Waals surface area contributed by atoms with E-state index in [2.05, 4.69) is 11.1 Å². The Bertz CT molecular complexity index is 1600. The van der Waals surface area contributed by atoms with Crippen molar-refractivity contribution < 1.29 is 44.5 Å². The van der Waals surface area contributed by atoms with Gasteiger partial charge in [0.15, 0.2) is 0 Å². The molecule has 1 aromatic heterocycles. The normalized spacial score (nSPS) is 17.4. The molecule has 0 radical (unpaired) electrons. The lowest BCUT2D eigenvalue weighted by molar-refractivity contribution is -0.140. The summed E-state index contributed by atoms with van der Waals surface area (Å²) in [4.78, 5) is 18.7. The van der Waals surface area contributed by atoms with E-state index in [4.69, 9.17) is 42.5 Å². The third kappa shape index (κ3) is 10.4. The van der Waals surface area contributed by atoms with Crippen LogP contribution in [0.4, 0.5) is 0 Å². The number of nitrogens with zero attached hydrogens (tertiary/aromatic N) is 2. The number of benzene rings is 2. The number of methoxy groups -OCH3 is 1. The van der Waals surface area contributed by atoms with Crippen molar-refractivity contribution in [3.8, 4) is 16.9 Å². The number of ether oxygens (including phenoxy) is 3. The van der Waals surface area contributed by atoms with Crippen molar-refractivity contribution in [2.45, 2.75) is 94.1 Å². The molecule has 0 aliphatic heterocycles. The molecular formula is C38H48Cl2N2O9. The summed E-state index contributed by atoms with van der Waals surface area (Å²) in [5.74, 6) is 0.568. The van der Waals surface area contributed by atoms with Crippen LogP contribution in [0.3, 0.4) is 0 Å². The second-order valence-corrected chi connectivity index (χ2v) is 14.2. The Morgan fingerprint density at radius 3 is 2.39 bits per heavy atom. The van der Waals surface area contributed by atoms with Crippen molar-refractivity contribution in [3.63, 3.8) is 0 Å². The number of amides is 1. The molecule has 0 bridgehead atoms. The van der Waals surface area contributed by atoms with Crippen LogP contribution in [-0.2, 0) is 32.9 Å². The second-order valence-electron chi connectivity index (χ2n) is 13.4. The molecule has 0 spiro atoms. The largest absolute Gasteiger partial charge is 0.490 e. The van der Waals surface area contributed by atoms with Crippen molar-refractivity contribution in [1.29, 1.82) is 0 Å². The van der Waals surface area contributed by atoms with Gasteiger partial charge in [0.05, 0.1) is 37.9 Å². The molecule has 2 aromatic carbocycles. The lowest BCUT2D eigenvalue weighted by atomic mass is 9.96. The van der Waals surface area contributed by atoms with Gasteiger partial charge in [-0.3, -0.25) is 9.78 Å². The number of hydrogen-bond acceptors (Lipinski definition) is 10. The smallest absolute Gasteiger partial charge is 0.224 e. The monoisotopic (exact) mass is 746 g/mol. The number of para-hydroxylation sites is 1. The molecule has 0 unspecified atom stereocenters. The number of carbonyl (C=O) groups excluding carboxylic acids is 1. The molecule has 5 N–H and O–H groups in total. The maximum Gasteiger partial charge on any atom is 0.224 e. The highest BCUT2D eigenvalue weighted by molar-refractivity contribution is 6.34. The van der Waals surface area contributed by atoms with Gasteiger partial charge in [0.25, 0.3) is 0 Å². The van der Waals surface area contributed by atoms with Crippen molar-refractivity contribution >= 4 is 29.1 Å². The minimum atomic E-state index is -1.78. The van der Waals surface area contributed by atoms with E-state index >= 15 is 0 Å². The highest BCUT2D eigenvalue weighted by Gasteiger charge is 2.48. The molecule has 2 aliphatic carbocycles. The second kappa shape index (κ2) is 18.3. The Morgan fingerprint density at radius 2 is 1.69 bits per heavy atom. The summed E-state index contributed by atoms with van der Waals surface area (Å²) in [5, 5.41) is 50.5. The zero-order valence-corrected chi connectivity index (χ0v) is 30.3. The number of aromatic nitrogens is 1. The molecule has 2 aliphatic rings. The van der Waals surface area contributed by atoms with Gasteiger partial charge in [-0.1, -0.05) is 41.4 Å². The van der Waals surface area contributed by atoms with Gasteiger partial charge in [-0.15, -0.1) is 0 Å². The van der Waals surface area contributed by atoms with E-state index in [-0.39, 0.29) is 44.7 Å². The minimum Gasteiger partial charge on any atom is -0.490 e. The van der Waals surface area contributed by atoms with Gasteiger partial charge in [-0.2, -0.15) is 0 Å². The van der Waals surface area contributed by atoms with Crippen LogP contribution >= 0.6 is 23.2 Å². The number of aliphatic hydroxyl groups is 5. The van der Waals surface area contributed by atoms with Crippen LogP contribution in [0.5, 0.6) is 5.75 Å². The fourth-order valence-corrected chi connectivity index (χ4v) is 6.60. The average molecular weight is 748 g/mol. The molecule has 3 aromatic rings. The molecule has 1 amide bonds. The summed E-state index contributed by atoms with van der Waals surface area (Å²) in [7, 11) is 1.47. The maximum absolute atomic E-state index is 12.8. The molecule has 51 heavy (non-hydrogen) atoms. The van der Waals surface area contributed by atoms with Crippen molar-refractivity contribution in [3.05, 3.63) is 81.6 Å². The van der Waals surface area contributed by atoms with E-state index in [1.165, 1.54) is 12.0 Å². The first kappa shape index (κ1) is 39.4. The van der Waals surface area contributed by atoms with Gasteiger partial charge in [0.2, 0.25) is 5.91 Å². The van der Waals surface area contributed by atoms with Gasteiger partial charge in [0.1, 0.15) is 30.2 Å². The number of hydrogen-bond donors (Lipinski definition) is 5. The topological polar surface area (TPSA) is 162 Å².